The first-order valence-corrected chi connectivity index (χ1v) is 9.16. The maximum Gasteiger partial charge on any atom is 0.306 e. The Labute approximate surface area is 164 Å². The molecule has 27 heavy (non-hydrogen) atoms. The summed E-state index contributed by atoms with van der Waals surface area (Å²) in [6.45, 7) is 2.28. The smallest absolute Gasteiger partial charge is 0.306 e. The van der Waals surface area contributed by atoms with Crippen LogP contribution in [-0.4, -0.2) is 23.6 Å². The highest BCUT2D eigenvalue weighted by Crippen LogP contribution is 2.18. The molecule has 6 nitrogen and oxygen atoms in total. The first-order chi connectivity index (χ1) is 13.1. The van der Waals surface area contributed by atoms with E-state index in [-0.39, 0.29) is 29.8 Å². The molecule has 0 aromatic heterocycles. The van der Waals surface area contributed by atoms with Crippen LogP contribution in [0.5, 0.6) is 0 Å². The fourth-order valence-electron chi connectivity index (χ4n) is 2.18. The number of nitrogens with one attached hydrogen (secondary N) is 3. The lowest BCUT2D eigenvalue weighted by molar-refractivity contribution is -0.144. The highest BCUT2D eigenvalue weighted by Gasteiger charge is 2.09. The second kappa shape index (κ2) is 10.9. The molecule has 0 aliphatic rings. The predicted octanol–water partition coefficient (Wildman–Crippen LogP) is 3.98. The topological polar surface area (TPSA) is 79.5 Å². The molecule has 0 aliphatic heterocycles. The summed E-state index contributed by atoms with van der Waals surface area (Å²) in [7, 11) is 0. The van der Waals surface area contributed by atoms with E-state index >= 15 is 0 Å². The van der Waals surface area contributed by atoms with Gasteiger partial charge in [0.2, 0.25) is 5.91 Å². The number of esters is 1. The third-order valence-electron chi connectivity index (χ3n) is 3.48. The zero-order chi connectivity index (χ0) is 19.5. The minimum absolute atomic E-state index is 0.0320. The average Bonchev–Trinajstić information content (AvgIpc) is 2.67. The van der Waals surface area contributed by atoms with Gasteiger partial charge >= 0.3 is 5.97 Å². The minimum atomic E-state index is -0.382. The minimum Gasteiger partial charge on any atom is -0.466 e. The zero-order valence-electron chi connectivity index (χ0n) is 15.2. The summed E-state index contributed by atoms with van der Waals surface area (Å²) in [5.74, 6) is -0.712. The van der Waals surface area contributed by atoms with E-state index in [0.29, 0.717) is 6.61 Å². The van der Waals surface area contributed by atoms with E-state index in [4.69, 9.17) is 17.0 Å². The van der Waals surface area contributed by atoms with Gasteiger partial charge in [0.25, 0.3) is 0 Å². The van der Waals surface area contributed by atoms with Crippen LogP contribution in [0.3, 0.4) is 0 Å². The third kappa shape index (κ3) is 7.87. The predicted molar refractivity (Wildman–Crippen MR) is 111 cm³/mol. The van der Waals surface area contributed by atoms with Crippen LogP contribution in [-0.2, 0) is 14.3 Å². The number of carbonyl (C=O) groups excluding carboxylic acids is 2. The number of carbonyl (C=O) groups is 2. The molecular formula is C20H23N3O3S. The fraction of sp³-hybridized carbons (Fsp3) is 0.250. The Morgan fingerprint density at radius 3 is 2.22 bits per heavy atom. The maximum atomic E-state index is 11.8. The van der Waals surface area contributed by atoms with Gasteiger partial charge in [0, 0.05) is 23.5 Å². The highest BCUT2D eigenvalue weighted by molar-refractivity contribution is 7.80. The second-order valence-corrected chi connectivity index (χ2v) is 6.20. The van der Waals surface area contributed by atoms with E-state index in [9.17, 15) is 9.59 Å². The molecule has 0 fully saturated rings. The van der Waals surface area contributed by atoms with Gasteiger partial charge in [-0.25, -0.2) is 0 Å². The summed E-state index contributed by atoms with van der Waals surface area (Å²) in [6.07, 6.45) is 0.824. The molecule has 2 aromatic carbocycles. The van der Waals surface area contributed by atoms with Gasteiger partial charge in [0.1, 0.15) is 0 Å². The monoisotopic (exact) mass is 385 g/mol. The van der Waals surface area contributed by atoms with E-state index in [1.165, 1.54) is 0 Å². The van der Waals surface area contributed by atoms with Gasteiger partial charge in [-0.1, -0.05) is 25.1 Å². The van der Waals surface area contributed by atoms with Crippen molar-refractivity contribution in [3.05, 3.63) is 54.6 Å². The molecule has 1 amide bonds. The maximum absolute atomic E-state index is 11.8. The van der Waals surface area contributed by atoms with Crippen LogP contribution in [0.2, 0.25) is 0 Å². The first-order valence-electron chi connectivity index (χ1n) is 8.75. The Morgan fingerprint density at radius 1 is 0.926 bits per heavy atom. The SMILES string of the molecule is CCCOC(=O)CCC(=O)NC(=S)Nc1ccc(Nc2ccccc2)cc1. The third-order valence-corrected chi connectivity index (χ3v) is 3.69. The highest BCUT2D eigenvalue weighted by atomic mass is 32.1. The molecule has 0 radical (unpaired) electrons. The number of hydrogen-bond acceptors (Lipinski definition) is 5. The van der Waals surface area contributed by atoms with Crippen LogP contribution in [0.25, 0.3) is 0 Å². The lowest BCUT2D eigenvalue weighted by Crippen LogP contribution is -2.34. The normalized spacial score (nSPS) is 9.96. The van der Waals surface area contributed by atoms with E-state index in [0.717, 1.165) is 23.5 Å². The van der Waals surface area contributed by atoms with Crippen molar-refractivity contribution in [3.63, 3.8) is 0 Å². The Hall–Kier alpha value is -2.93. The summed E-state index contributed by atoms with van der Waals surface area (Å²) in [4.78, 5) is 23.2. The second-order valence-electron chi connectivity index (χ2n) is 5.79. The van der Waals surface area contributed by atoms with Crippen LogP contribution in [0.15, 0.2) is 54.6 Å². The van der Waals surface area contributed by atoms with Crippen LogP contribution in [0.1, 0.15) is 26.2 Å². The number of benzene rings is 2. The Morgan fingerprint density at radius 2 is 1.56 bits per heavy atom. The zero-order valence-corrected chi connectivity index (χ0v) is 16.0. The van der Waals surface area contributed by atoms with E-state index in [1.807, 2.05) is 61.5 Å². The van der Waals surface area contributed by atoms with Gasteiger partial charge in [-0.05, 0) is 55.0 Å². The van der Waals surface area contributed by atoms with Crippen molar-refractivity contribution in [3.8, 4) is 0 Å². The van der Waals surface area contributed by atoms with Crippen LogP contribution >= 0.6 is 12.2 Å². The molecule has 0 bridgehead atoms. The van der Waals surface area contributed by atoms with Crippen LogP contribution < -0.4 is 16.0 Å². The molecule has 142 valence electrons. The van der Waals surface area contributed by atoms with Crippen LogP contribution in [0, 0.1) is 0 Å². The first kappa shape index (κ1) is 20.4. The molecule has 0 saturated heterocycles. The van der Waals surface area contributed by atoms with Crippen molar-refractivity contribution in [1.29, 1.82) is 0 Å². The quantitative estimate of drug-likeness (QED) is 0.471. The van der Waals surface area contributed by atoms with Gasteiger partial charge in [0.15, 0.2) is 5.11 Å². The van der Waals surface area contributed by atoms with Crippen molar-refractivity contribution in [2.75, 3.05) is 17.2 Å². The lowest BCUT2D eigenvalue weighted by atomic mass is 10.2. The largest absolute Gasteiger partial charge is 0.466 e. The Balaban J connectivity index is 1.75. The molecule has 3 N–H and O–H groups in total. The van der Waals surface area contributed by atoms with Gasteiger partial charge < -0.3 is 20.7 Å². The van der Waals surface area contributed by atoms with Gasteiger partial charge in [-0.3, -0.25) is 9.59 Å². The summed E-state index contributed by atoms with van der Waals surface area (Å²) in [5.41, 5.74) is 2.69. The number of thiocarbonyl (C=S) groups is 1. The van der Waals surface area contributed by atoms with Gasteiger partial charge in [-0.15, -0.1) is 0 Å². The van der Waals surface area contributed by atoms with Crippen molar-refractivity contribution in [2.45, 2.75) is 26.2 Å². The van der Waals surface area contributed by atoms with Crippen molar-refractivity contribution in [1.82, 2.24) is 5.32 Å². The summed E-state index contributed by atoms with van der Waals surface area (Å²) in [6, 6.07) is 17.4. The van der Waals surface area contributed by atoms with Gasteiger partial charge in [-0.2, -0.15) is 0 Å². The van der Waals surface area contributed by atoms with Crippen molar-refractivity contribution >= 4 is 46.3 Å². The standard InChI is InChI=1S/C20H23N3O3S/c1-2-14-26-19(25)13-12-18(24)23-20(27)22-17-10-8-16(9-11-17)21-15-6-4-3-5-7-15/h3-11,21H,2,12-14H2,1H3,(H2,22,23,24,27). The number of para-hydroxylation sites is 1. The number of rotatable bonds is 8. The molecule has 0 atom stereocenters. The van der Waals surface area contributed by atoms with E-state index in [1.54, 1.807) is 0 Å². The summed E-state index contributed by atoms with van der Waals surface area (Å²) < 4.78 is 4.92. The molecule has 0 spiro atoms. The summed E-state index contributed by atoms with van der Waals surface area (Å²) >= 11 is 5.13. The number of amides is 1. The molecule has 0 saturated carbocycles. The average molecular weight is 385 g/mol. The molecule has 7 heteroatoms. The Kier molecular flexibility index (Phi) is 8.25. The van der Waals surface area contributed by atoms with E-state index in [2.05, 4.69) is 16.0 Å². The van der Waals surface area contributed by atoms with Crippen molar-refractivity contribution < 1.29 is 14.3 Å². The molecule has 0 aliphatic carbocycles. The molecule has 0 heterocycles. The molecular weight excluding hydrogens is 362 g/mol. The Bertz CT molecular complexity index is 764. The lowest BCUT2D eigenvalue weighted by Gasteiger charge is -2.11. The molecule has 0 unspecified atom stereocenters. The van der Waals surface area contributed by atoms with Gasteiger partial charge in [0.05, 0.1) is 13.0 Å². The molecule has 2 rings (SSSR count). The number of hydrogen-bond donors (Lipinski definition) is 3. The molecule has 2 aromatic rings. The number of ether oxygens (including phenoxy) is 1. The summed E-state index contributed by atoms with van der Waals surface area (Å²) in [5, 5.41) is 8.96. The number of anilines is 3. The van der Waals surface area contributed by atoms with Crippen LogP contribution in [0.4, 0.5) is 17.1 Å². The van der Waals surface area contributed by atoms with Crippen molar-refractivity contribution in [2.24, 2.45) is 0 Å². The fourth-order valence-corrected chi connectivity index (χ4v) is 2.41. The van der Waals surface area contributed by atoms with E-state index < -0.39 is 0 Å².